The minimum absolute atomic E-state index is 0. The molecule has 1 heterocycles. The molecule has 84 valence electrons. The van der Waals surface area contributed by atoms with Crippen molar-refractivity contribution in [2.75, 3.05) is 20.1 Å². The maximum absolute atomic E-state index is 9.91. The van der Waals surface area contributed by atoms with E-state index >= 15 is 0 Å². The first-order chi connectivity index (χ1) is 6.77. The van der Waals surface area contributed by atoms with Crippen LogP contribution in [-0.2, 0) is 0 Å². The van der Waals surface area contributed by atoms with E-state index in [1.54, 1.807) is 0 Å². The fraction of sp³-hybridized carbons (Fsp3) is 0.500. The van der Waals surface area contributed by atoms with Gasteiger partial charge in [0.05, 0.1) is 6.10 Å². The van der Waals surface area contributed by atoms with Crippen molar-refractivity contribution in [1.82, 2.24) is 4.90 Å². The standard InChI is InChI=1S/C12H17NO.ClH/c1-13-8-7-12(14)11(9-13)10-5-3-2-4-6-10;/h2-6,11-12,14H,7-9H2,1H3;1H/t11-,12+;/m1./s1. The van der Waals surface area contributed by atoms with E-state index in [2.05, 4.69) is 24.1 Å². The highest BCUT2D eigenvalue weighted by Crippen LogP contribution is 2.26. The Balaban J connectivity index is 0.00000112. The molecule has 2 atom stereocenters. The first kappa shape index (κ1) is 12.5. The summed E-state index contributed by atoms with van der Waals surface area (Å²) < 4.78 is 0. The van der Waals surface area contributed by atoms with Crippen LogP contribution in [0.25, 0.3) is 0 Å². The van der Waals surface area contributed by atoms with Gasteiger partial charge < -0.3 is 10.0 Å². The molecule has 1 saturated heterocycles. The highest BCUT2D eigenvalue weighted by atomic mass is 35.5. The Labute approximate surface area is 97.3 Å². The molecule has 2 nitrogen and oxygen atoms in total. The summed E-state index contributed by atoms with van der Waals surface area (Å²) in [6.45, 7) is 1.97. The molecule has 0 unspecified atom stereocenters. The van der Waals surface area contributed by atoms with Crippen LogP contribution in [-0.4, -0.2) is 36.2 Å². The number of likely N-dealkylation sites (tertiary alicyclic amines) is 1. The first-order valence-corrected chi connectivity index (χ1v) is 5.19. The quantitative estimate of drug-likeness (QED) is 0.792. The Morgan fingerprint density at radius 1 is 1.27 bits per heavy atom. The van der Waals surface area contributed by atoms with E-state index in [4.69, 9.17) is 0 Å². The fourth-order valence-electron chi connectivity index (χ4n) is 2.13. The molecule has 1 aliphatic heterocycles. The Bertz CT molecular complexity index is 291. The molecule has 1 N–H and O–H groups in total. The van der Waals surface area contributed by atoms with Crippen LogP contribution in [0.3, 0.4) is 0 Å². The zero-order valence-electron chi connectivity index (χ0n) is 8.97. The second kappa shape index (κ2) is 5.50. The molecular weight excluding hydrogens is 210 g/mol. The number of rotatable bonds is 1. The lowest BCUT2D eigenvalue weighted by Crippen LogP contribution is -2.39. The lowest BCUT2D eigenvalue weighted by molar-refractivity contribution is 0.0709. The minimum Gasteiger partial charge on any atom is -0.392 e. The van der Waals surface area contributed by atoms with Crippen molar-refractivity contribution < 1.29 is 5.11 Å². The predicted octanol–water partition coefficient (Wildman–Crippen LogP) is 1.89. The lowest BCUT2D eigenvalue weighted by atomic mass is 9.88. The van der Waals surface area contributed by atoms with Gasteiger partial charge in [0.15, 0.2) is 0 Å². The van der Waals surface area contributed by atoms with Crippen molar-refractivity contribution in [3.8, 4) is 0 Å². The van der Waals surface area contributed by atoms with Crippen LogP contribution in [0.5, 0.6) is 0 Å². The lowest BCUT2D eigenvalue weighted by Gasteiger charge is -2.34. The molecule has 1 aromatic carbocycles. The van der Waals surface area contributed by atoms with Gasteiger partial charge in [-0.25, -0.2) is 0 Å². The van der Waals surface area contributed by atoms with Gasteiger partial charge in [-0.2, -0.15) is 0 Å². The van der Waals surface area contributed by atoms with Crippen LogP contribution in [0.15, 0.2) is 30.3 Å². The van der Waals surface area contributed by atoms with E-state index in [0.29, 0.717) is 0 Å². The average molecular weight is 228 g/mol. The molecule has 0 bridgehead atoms. The van der Waals surface area contributed by atoms with Crippen LogP contribution >= 0.6 is 12.4 Å². The predicted molar refractivity (Wildman–Crippen MR) is 64.6 cm³/mol. The molecular formula is C12H18ClNO. The highest BCUT2D eigenvalue weighted by molar-refractivity contribution is 5.85. The third-order valence-electron chi connectivity index (χ3n) is 3.01. The van der Waals surface area contributed by atoms with E-state index in [-0.39, 0.29) is 24.4 Å². The molecule has 0 spiro atoms. The number of aliphatic hydroxyl groups excluding tert-OH is 1. The fourth-order valence-corrected chi connectivity index (χ4v) is 2.13. The molecule has 0 saturated carbocycles. The molecule has 0 aromatic heterocycles. The molecule has 1 aliphatic rings. The maximum atomic E-state index is 9.91. The smallest absolute Gasteiger partial charge is 0.0633 e. The van der Waals surface area contributed by atoms with Crippen LogP contribution < -0.4 is 0 Å². The van der Waals surface area contributed by atoms with E-state index < -0.39 is 0 Å². The highest BCUT2D eigenvalue weighted by Gasteiger charge is 2.26. The van der Waals surface area contributed by atoms with E-state index in [0.717, 1.165) is 19.5 Å². The number of halogens is 1. The molecule has 2 rings (SSSR count). The zero-order valence-corrected chi connectivity index (χ0v) is 9.78. The number of piperidine rings is 1. The minimum atomic E-state index is -0.173. The number of hydrogen-bond acceptors (Lipinski definition) is 2. The van der Waals surface area contributed by atoms with E-state index in [1.807, 2.05) is 18.2 Å². The maximum Gasteiger partial charge on any atom is 0.0633 e. The number of hydrogen-bond donors (Lipinski definition) is 1. The molecule has 0 amide bonds. The van der Waals surface area contributed by atoms with Crippen LogP contribution in [0.2, 0.25) is 0 Å². The van der Waals surface area contributed by atoms with Gasteiger partial charge >= 0.3 is 0 Å². The number of aliphatic hydroxyl groups is 1. The molecule has 1 aromatic rings. The summed E-state index contributed by atoms with van der Waals surface area (Å²) in [4.78, 5) is 2.28. The Morgan fingerprint density at radius 2 is 1.93 bits per heavy atom. The summed E-state index contributed by atoms with van der Waals surface area (Å²) in [5.41, 5.74) is 1.26. The Kier molecular flexibility index (Phi) is 4.58. The summed E-state index contributed by atoms with van der Waals surface area (Å²) in [7, 11) is 2.11. The van der Waals surface area contributed by atoms with Gasteiger partial charge in [0.2, 0.25) is 0 Å². The SMILES string of the molecule is CN1CC[C@H](O)[C@@H](c2ccccc2)C1.Cl. The summed E-state index contributed by atoms with van der Waals surface area (Å²) in [6.07, 6.45) is 0.712. The number of nitrogens with zero attached hydrogens (tertiary/aromatic N) is 1. The Hall–Kier alpha value is -0.570. The van der Waals surface area contributed by atoms with Crippen molar-refractivity contribution in [2.24, 2.45) is 0 Å². The first-order valence-electron chi connectivity index (χ1n) is 5.19. The topological polar surface area (TPSA) is 23.5 Å². The molecule has 15 heavy (non-hydrogen) atoms. The molecule has 0 aliphatic carbocycles. The second-order valence-electron chi connectivity index (χ2n) is 4.14. The van der Waals surface area contributed by atoms with Crippen molar-refractivity contribution >= 4 is 12.4 Å². The summed E-state index contributed by atoms with van der Waals surface area (Å²) in [5, 5.41) is 9.91. The summed E-state index contributed by atoms with van der Waals surface area (Å²) in [5.74, 6) is 0.287. The van der Waals surface area contributed by atoms with Gasteiger partial charge in [-0.3, -0.25) is 0 Å². The van der Waals surface area contributed by atoms with Gasteiger partial charge in [0, 0.05) is 19.0 Å². The van der Waals surface area contributed by atoms with Gasteiger partial charge in [-0.1, -0.05) is 30.3 Å². The van der Waals surface area contributed by atoms with Crippen molar-refractivity contribution in [3.63, 3.8) is 0 Å². The normalized spacial score (nSPS) is 27.1. The molecule has 3 heteroatoms. The van der Waals surface area contributed by atoms with Gasteiger partial charge in [0.25, 0.3) is 0 Å². The number of likely N-dealkylation sites (N-methyl/N-ethyl adjacent to an activating group) is 1. The molecule has 0 radical (unpaired) electrons. The largest absolute Gasteiger partial charge is 0.392 e. The third-order valence-corrected chi connectivity index (χ3v) is 3.01. The second-order valence-corrected chi connectivity index (χ2v) is 4.14. The van der Waals surface area contributed by atoms with Crippen molar-refractivity contribution in [2.45, 2.75) is 18.4 Å². The average Bonchev–Trinajstić information content (AvgIpc) is 2.23. The van der Waals surface area contributed by atoms with E-state index in [1.165, 1.54) is 5.56 Å². The van der Waals surface area contributed by atoms with Crippen LogP contribution in [0.4, 0.5) is 0 Å². The van der Waals surface area contributed by atoms with Crippen molar-refractivity contribution in [3.05, 3.63) is 35.9 Å². The van der Waals surface area contributed by atoms with Crippen LogP contribution in [0.1, 0.15) is 17.9 Å². The van der Waals surface area contributed by atoms with E-state index in [9.17, 15) is 5.11 Å². The van der Waals surface area contributed by atoms with Gasteiger partial charge in [0.1, 0.15) is 0 Å². The zero-order chi connectivity index (χ0) is 9.97. The molecule has 1 fully saturated rings. The van der Waals surface area contributed by atoms with Gasteiger partial charge in [-0.15, -0.1) is 12.4 Å². The Morgan fingerprint density at radius 3 is 2.60 bits per heavy atom. The monoisotopic (exact) mass is 227 g/mol. The third kappa shape index (κ3) is 2.94. The van der Waals surface area contributed by atoms with Crippen molar-refractivity contribution in [1.29, 1.82) is 0 Å². The summed E-state index contributed by atoms with van der Waals surface area (Å²) >= 11 is 0. The number of benzene rings is 1. The van der Waals surface area contributed by atoms with Gasteiger partial charge in [-0.05, 0) is 19.0 Å². The van der Waals surface area contributed by atoms with Crippen LogP contribution in [0, 0.1) is 0 Å². The summed E-state index contributed by atoms with van der Waals surface area (Å²) in [6, 6.07) is 10.3.